The lowest BCUT2D eigenvalue weighted by Gasteiger charge is -2.29. The predicted octanol–water partition coefficient (Wildman–Crippen LogP) is 5.17. The molecule has 0 aromatic heterocycles. The number of thioether (sulfide) groups is 1. The molecule has 0 saturated carbocycles. The van der Waals surface area contributed by atoms with Gasteiger partial charge in [0.1, 0.15) is 6.54 Å². The van der Waals surface area contributed by atoms with E-state index in [9.17, 15) is 14.4 Å². The van der Waals surface area contributed by atoms with Gasteiger partial charge in [0.05, 0.1) is 17.1 Å². The maximum atomic E-state index is 13.0. The monoisotopic (exact) mass is 467 g/mol. The smallest absolute Gasteiger partial charge is 0.258 e. The number of hydrogen-bond acceptors (Lipinski definition) is 4. The van der Waals surface area contributed by atoms with Crippen molar-refractivity contribution in [2.45, 2.75) is 4.90 Å². The molecular weight excluding hydrogens is 446 g/mol. The van der Waals surface area contributed by atoms with Crippen LogP contribution in [-0.4, -0.2) is 30.0 Å². The van der Waals surface area contributed by atoms with Crippen molar-refractivity contribution in [1.29, 1.82) is 0 Å². The minimum Gasteiger partial charge on any atom is -0.325 e. The van der Waals surface area contributed by atoms with Crippen LogP contribution in [0.25, 0.3) is 10.8 Å². The number of anilines is 3. The average molecular weight is 468 g/mol. The molecule has 1 heterocycles. The van der Waals surface area contributed by atoms with Gasteiger partial charge in [-0.05, 0) is 59.3 Å². The molecule has 168 valence electrons. The Labute approximate surface area is 201 Å². The molecule has 0 spiro atoms. The fourth-order valence-corrected chi connectivity index (χ4v) is 4.61. The quantitative estimate of drug-likeness (QED) is 0.397. The molecular formula is C27H21N3O3S. The van der Waals surface area contributed by atoms with Crippen molar-refractivity contribution in [3.05, 3.63) is 96.6 Å². The van der Waals surface area contributed by atoms with E-state index in [2.05, 4.69) is 34.9 Å². The third-order valence-corrected chi connectivity index (χ3v) is 6.52. The predicted molar refractivity (Wildman–Crippen MR) is 136 cm³/mol. The van der Waals surface area contributed by atoms with E-state index < -0.39 is 0 Å². The van der Waals surface area contributed by atoms with Gasteiger partial charge in [-0.15, -0.1) is 11.8 Å². The van der Waals surface area contributed by atoms with Gasteiger partial charge < -0.3 is 10.6 Å². The van der Waals surface area contributed by atoms with Gasteiger partial charge >= 0.3 is 0 Å². The molecule has 34 heavy (non-hydrogen) atoms. The van der Waals surface area contributed by atoms with Gasteiger partial charge in [-0.1, -0.05) is 42.5 Å². The van der Waals surface area contributed by atoms with Gasteiger partial charge in [0.15, 0.2) is 0 Å². The molecule has 0 saturated heterocycles. The first-order valence-corrected chi connectivity index (χ1v) is 11.8. The molecule has 1 aliphatic rings. The first-order valence-electron chi connectivity index (χ1n) is 10.8. The molecule has 4 aromatic carbocycles. The molecule has 0 aliphatic carbocycles. The third-order valence-electron chi connectivity index (χ3n) is 5.52. The van der Waals surface area contributed by atoms with Crippen molar-refractivity contribution in [3.63, 3.8) is 0 Å². The number of hydrogen-bond donors (Lipinski definition) is 2. The molecule has 0 fully saturated rings. The summed E-state index contributed by atoms with van der Waals surface area (Å²) in [7, 11) is 0. The molecule has 1 aliphatic heterocycles. The fourth-order valence-electron chi connectivity index (χ4n) is 3.87. The van der Waals surface area contributed by atoms with Crippen LogP contribution >= 0.6 is 11.8 Å². The van der Waals surface area contributed by atoms with Gasteiger partial charge in [-0.3, -0.25) is 19.3 Å². The second kappa shape index (κ2) is 9.41. The maximum absolute atomic E-state index is 13.0. The molecule has 4 aromatic rings. The summed E-state index contributed by atoms with van der Waals surface area (Å²) < 4.78 is 0. The summed E-state index contributed by atoms with van der Waals surface area (Å²) in [5, 5.41) is 7.95. The maximum Gasteiger partial charge on any atom is 0.258 e. The summed E-state index contributed by atoms with van der Waals surface area (Å²) in [6.07, 6.45) is 0. The molecule has 3 amide bonds. The summed E-state index contributed by atoms with van der Waals surface area (Å²) in [6, 6.07) is 28.2. The van der Waals surface area contributed by atoms with Gasteiger partial charge in [0, 0.05) is 16.1 Å². The molecule has 5 rings (SSSR count). The van der Waals surface area contributed by atoms with E-state index >= 15 is 0 Å². The minimum atomic E-state index is -0.271. The Morgan fingerprint density at radius 3 is 2.44 bits per heavy atom. The van der Waals surface area contributed by atoms with Crippen molar-refractivity contribution < 1.29 is 14.4 Å². The molecule has 7 heteroatoms. The average Bonchev–Trinajstić information content (AvgIpc) is 2.87. The fraction of sp³-hybridized carbons (Fsp3) is 0.0741. The van der Waals surface area contributed by atoms with Crippen LogP contribution in [0, 0.1) is 0 Å². The topological polar surface area (TPSA) is 78.5 Å². The van der Waals surface area contributed by atoms with Crippen LogP contribution in [-0.2, 0) is 9.59 Å². The van der Waals surface area contributed by atoms with Gasteiger partial charge in [-0.2, -0.15) is 0 Å². The lowest BCUT2D eigenvalue weighted by Crippen LogP contribution is -2.42. The zero-order chi connectivity index (χ0) is 23.5. The molecule has 0 bridgehead atoms. The summed E-state index contributed by atoms with van der Waals surface area (Å²) in [5.41, 5.74) is 2.32. The Hall–Kier alpha value is -4.10. The van der Waals surface area contributed by atoms with E-state index in [-0.39, 0.29) is 30.0 Å². The van der Waals surface area contributed by atoms with E-state index in [1.807, 2.05) is 30.3 Å². The number of rotatable bonds is 5. The summed E-state index contributed by atoms with van der Waals surface area (Å²) in [4.78, 5) is 40.0. The van der Waals surface area contributed by atoms with Crippen molar-refractivity contribution in [1.82, 2.24) is 0 Å². The molecule has 0 radical (unpaired) electrons. The van der Waals surface area contributed by atoms with Crippen LogP contribution in [0.2, 0.25) is 0 Å². The van der Waals surface area contributed by atoms with Crippen LogP contribution in [0.4, 0.5) is 17.1 Å². The highest BCUT2D eigenvalue weighted by molar-refractivity contribution is 8.00. The van der Waals surface area contributed by atoms with Gasteiger partial charge in [-0.25, -0.2) is 0 Å². The molecule has 0 atom stereocenters. The third kappa shape index (κ3) is 4.65. The van der Waals surface area contributed by atoms with E-state index in [0.29, 0.717) is 22.6 Å². The zero-order valence-electron chi connectivity index (χ0n) is 18.2. The number of para-hydroxylation sites is 2. The first kappa shape index (κ1) is 21.7. The van der Waals surface area contributed by atoms with Crippen molar-refractivity contribution in [2.75, 3.05) is 27.8 Å². The number of fused-ring (bicyclic) bond motifs is 2. The Bertz CT molecular complexity index is 1400. The lowest BCUT2D eigenvalue weighted by molar-refractivity contribution is -0.115. The van der Waals surface area contributed by atoms with Crippen LogP contribution in [0.15, 0.2) is 95.9 Å². The standard InChI is InChI=1S/C27H21N3O3S/c31-25-16-30(24-8-4-3-7-23(24)29-25)27(33)19-9-12-21(13-10-19)28-26(32)17-34-22-14-11-18-5-1-2-6-20(18)15-22/h1-15H,16-17H2,(H,28,32)(H,29,31). The Morgan fingerprint density at radius 1 is 0.882 bits per heavy atom. The Morgan fingerprint density at radius 2 is 1.62 bits per heavy atom. The van der Waals surface area contributed by atoms with Crippen LogP contribution in [0.5, 0.6) is 0 Å². The van der Waals surface area contributed by atoms with Gasteiger partial charge in [0.2, 0.25) is 11.8 Å². The molecule has 2 N–H and O–H groups in total. The van der Waals surface area contributed by atoms with Crippen molar-refractivity contribution in [2.24, 2.45) is 0 Å². The Kier molecular flexibility index (Phi) is 6.01. The van der Waals surface area contributed by atoms with Crippen molar-refractivity contribution in [3.8, 4) is 0 Å². The first-order chi connectivity index (χ1) is 16.6. The second-order valence-corrected chi connectivity index (χ2v) is 8.93. The summed E-state index contributed by atoms with van der Waals surface area (Å²) in [6.45, 7) is -0.0413. The number of carbonyl (C=O) groups is 3. The van der Waals surface area contributed by atoms with E-state index in [4.69, 9.17) is 0 Å². The number of benzene rings is 4. The molecule has 6 nitrogen and oxygen atoms in total. The lowest BCUT2D eigenvalue weighted by atomic mass is 10.1. The largest absolute Gasteiger partial charge is 0.325 e. The van der Waals surface area contributed by atoms with E-state index in [0.717, 1.165) is 10.3 Å². The minimum absolute atomic E-state index is 0.0413. The van der Waals surface area contributed by atoms with Crippen molar-refractivity contribution >= 4 is 57.3 Å². The summed E-state index contributed by atoms with van der Waals surface area (Å²) >= 11 is 1.47. The SMILES string of the molecule is O=C(CSc1ccc2ccccc2c1)Nc1ccc(C(=O)N2CC(=O)Nc3ccccc32)cc1. The van der Waals surface area contributed by atoms with Gasteiger partial charge in [0.25, 0.3) is 5.91 Å². The van der Waals surface area contributed by atoms with Crippen LogP contribution in [0.3, 0.4) is 0 Å². The molecule has 0 unspecified atom stereocenters. The van der Waals surface area contributed by atoms with E-state index in [1.165, 1.54) is 22.0 Å². The number of nitrogens with one attached hydrogen (secondary N) is 2. The summed E-state index contributed by atoms with van der Waals surface area (Å²) in [5.74, 6) is -0.357. The van der Waals surface area contributed by atoms with Crippen LogP contribution < -0.4 is 15.5 Å². The normalized spacial score (nSPS) is 12.7. The second-order valence-electron chi connectivity index (χ2n) is 7.88. The van der Waals surface area contributed by atoms with E-state index in [1.54, 1.807) is 36.4 Å². The highest BCUT2D eigenvalue weighted by Gasteiger charge is 2.27. The van der Waals surface area contributed by atoms with Crippen LogP contribution in [0.1, 0.15) is 10.4 Å². The Balaban J connectivity index is 1.21. The highest BCUT2D eigenvalue weighted by atomic mass is 32.2. The number of nitrogens with zero attached hydrogens (tertiary/aromatic N) is 1. The number of carbonyl (C=O) groups excluding carboxylic acids is 3. The number of amides is 3. The highest BCUT2D eigenvalue weighted by Crippen LogP contribution is 2.30. The zero-order valence-corrected chi connectivity index (χ0v) is 19.0.